The van der Waals surface area contributed by atoms with Gasteiger partial charge in [-0.25, -0.2) is 0 Å². The van der Waals surface area contributed by atoms with Crippen LogP contribution in [0.25, 0.3) is 6.08 Å². The van der Waals surface area contributed by atoms with Gasteiger partial charge in [0, 0.05) is 5.56 Å². The molecule has 0 heterocycles. The Bertz CT molecular complexity index is 988. The minimum absolute atomic E-state index is 0.0599. The molecule has 2 aromatic carbocycles. The van der Waals surface area contributed by atoms with Crippen LogP contribution in [0.1, 0.15) is 87.2 Å². The first-order valence-electron chi connectivity index (χ1n) is 12.5. The van der Waals surface area contributed by atoms with Crippen molar-refractivity contribution in [1.82, 2.24) is 0 Å². The zero-order chi connectivity index (χ0) is 25.8. The molecule has 1 unspecified atom stereocenters. The van der Waals surface area contributed by atoms with E-state index < -0.39 is 5.41 Å². The number of esters is 1. The number of ketones is 1. The quantitative estimate of drug-likeness (QED) is 0.123. The molecule has 35 heavy (non-hydrogen) atoms. The summed E-state index contributed by atoms with van der Waals surface area (Å²) in [6.45, 7) is 8.65. The van der Waals surface area contributed by atoms with Crippen molar-refractivity contribution in [2.24, 2.45) is 5.41 Å². The zero-order valence-corrected chi connectivity index (χ0v) is 22.1. The number of carbonyl (C=O) groups is 2. The number of ether oxygens (including phenoxy) is 3. The molecule has 0 bridgehead atoms. The Balaban J connectivity index is 2.00. The lowest BCUT2D eigenvalue weighted by atomic mass is 9.81. The van der Waals surface area contributed by atoms with Gasteiger partial charge in [-0.3, -0.25) is 9.59 Å². The average Bonchev–Trinajstić information content (AvgIpc) is 2.87. The van der Waals surface area contributed by atoms with Crippen molar-refractivity contribution in [3.63, 3.8) is 0 Å². The van der Waals surface area contributed by atoms with Crippen LogP contribution in [0.3, 0.4) is 0 Å². The van der Waals surface area contributed by atoms with E-state index in [1.165, 1.54) is 5.56 Å². The predicted molar refractivity (Wildman–Crippen MR) is 141 cm³/mol. The summed E-state index contributed by atoms with van der Waals surface area (Å²) in [5.74, 6) is 1.41. The van der Waals surface area contributed by atoms with Gasteiger partial charge in [-0.1, -0.05) is 56.7 Å². The smallest absolute Gasteiger partial charge is 0.311 e. The van der Waals surface area contributed by atoms with Crippen LogP contribution in [-0.2, 0) is 9.53 Å². The maximum atomic E-state index is 12.7. The highest BCUT2D eigenvalue weighted by Gasteiger charge is 2.30. The summed E-state index contributed by atoms with van der Waals surface area (Å²) < 4.78 is 16.0. The van der Waals surface area contributed by atoms with E-state index in [-0.39, 0.29) is 11.8 Å². The monoisotopic (exact) mass is 480 g/mol. The lowest BCUT2D eigenvalue weighted by Crippen LogP contribution is -2.27. The van der Waals surface area contributed by atoms with E-state index in [1.54, 1.807) is 26.4 Å². The Morgan fingerprint density at radius 3 is 2.26 bits per heavy atom. The van der Waals surface area contributed by atoms with E-state index in [9.17, 15) is 9.59 Å². The van der Waals surface area contributed by atoms with Crippen LogP contribution in [0, 0.1) is 5.41 Å². The van der Waals surface area contributed by atoms with Crippen LogP contribution in [0.5, 0.6) is 11.5 Å². The van der Waals surface area contributed by atoms with Crippen molar-refractivity contribution in [3.8, 4) is 11.5 Å². The summed E-state index contributed by atoms with van der Waals surface area (Å²) in [4.78, 5) is 25.1. The van der Waals surface area contributed by atoms with E-state index in [1.807, 2.05) is 56.3 Å². The van der Waals surface area contributed by atoms with Gasteiger partial charge in [-0.05, 0) is 74.8 Å². The number of benzene rings is 2. The van der Waals surface area contributed by atoms with Gasteiger partial charge in [0.05, 0.1) is 26.2 Å². The van der Waals surface area contributed by atoms with Crippen molar-refractivity contribution in [3.05, 3.63) is 65.2 Å². The second-order valence-corrected chi connectivity index (χ2v) is 9.45. The fraction of sp³-hybridized carbons (Fsp3) is 0.467. The molecule has 2 rings (SSSR count). The maximum Gasteiger partial charge on any atom is 0.311 e. The molecule has 1 atom stereocenters. The first-order chi connectivity index (χ1) is 16.7. The maximum absolute atomic E-state index is 12.7. The number of rotatable bonds is 14. The van der Waals surface area contributed by atoms with E-state index >= 15 is 0 Å². The Hall–Kier alpha value is -3.08. The van der Waals surface area contributed by atoms with Gasteiger partial charge in [0.25, 0.3) is 0 Å². The molecule has 5 heteroatoms. The highest BCUT2D eigenvalue weighted by Crippen LogP contribution is 2.33. The first kappa shape index (κ1) is 28.2. The van der Waals surface area contributed by atoms with Crippen molar-refractivity contribution in [2.75, 3.05) is 20.8 Å². The van der Waals surface area contributed by atoms with Gasteiger partial charge >= 0.3 is 5.97 Å². The summed E-state index contributed by atoms with van der Waals surface area (Å²) >= 11 is 0. The van der Waals surface area contributed by atoms with Crippen molar-refractivity contribution in [2.45, 2.75) is 65.7 Å². The lowest BCUT2D eigenvalue weighted by molar-refractivity contribution is -0.154. The van der Waals surface area contributed by atoms with Crippen LogP contribution >= 0.6 is 0 Å². The standard InChI is InChI=1S/C30H40O5/c1-7-9-20-35-29(32)30(3,4)19-18-23(8-2)24-12-14-25(15-13-24)26(31)16-10-22-11-17-27(33-5)28(21-22)34-6/h10-17,21,23H,7-9,18-20H2,1-6H3. The molecule has 0 amide bonds. The molecule has 5 nitrogen and oxygen atoms in total. The Labute approximate surface area is 210 Å². The molecule has 2 aromatic rings. The molecule has 0 aromatic heterocycles. The zero-order valence-electron chi connectivity index (χ0n) is 22.1. The third kappa shape index (κ3) is 8.27. The summed E-state index contributed by atoms with van der Waals surface area (Å²) in [5.41, 5.74) is 2.17. The number of allylic oxidation sites excluding steroid dienone is 1. The summed E-state index contributed by atoms with van der Waals surface area (Å²) in [6.07, 6.45) is 7.86. The molecule has 0 fully saturated rings. The van der Waals surface area contributed by atoms with Crippen LogP contribution in [0.2, 0.25) is 0 Å². The molecule has 0 spiro atoms. The molecule has 0 N–H and O–H groups in total. The normalized spacial score (nSPS) is 12.4. The van der Waals surface area contributed by atoms with Gasteiger partial charge in [-0.2, -0.15) is 0 Å². The Kier molecular flexibility index (Phi) is 11.0. The van der Waals surface area contributed by atoms with E-state index in [0.29, 0.717) is 29.6 Å². The molecule has 0 aliphatic carbocycles. The Morgan fingerprint density at radius 1 is 0.971 bits per heavy atom. The second kappa shape index (κ2) is 13.7. The van der Waals surface area contributed by atoms with E-state index in [0.717, 1.165) is 37.7 Å². The number of methoxy groups -OCH3 is 2. The van der Waals surface area contributed by atoms with Gasteiger partial charge in [0.1, 0.15) is 0 Å². The lowest BCUT2D eigenvalue weighted by Gasteiger charge is -2.25. The van der Waals surface area contributed by atoms with Crippen LogP contribution in [0.4, 0.5) is 0 Å². The molecule has 0 radical (unpaired) electrons. The Morgan fingerprint density at radius 2 is 1.66 bits per heavy atom. The third-order valence-corrected chi connectivity index (χ3v) is 6.40. The minimum atomic E-state index is -0.508. The molecular weight excluding hydrogens is 440 g/mol. The van der Waals surface area contributed by atoms with Gasteiger partial charge in [0.15, 0.2) is 17.3 Å². The number of hydrogen-bond donors (Lipinski definition) is 0. The molecule has 190 valence electrons. The molecule has 0 aliphatic heterocycles. The van der Waals surface area contributed by atoms with Gasteiger partial charge in [-0.15, -0.1) is 0 Å². The van der Waals surface area contributed by atoms with Crippen molar-refractivity contribution in [1.29, 1.82) is 0 Å². The second-order valence-electron chi connectivity index (χ2n) is 9.45. The molecule has 0 aliphatic rings. The summed E-state index contributed by atoms with van der Waals surface area (Å²) in [7, 11) is 3.18. The average molecular weight is 481 g/mol. The largest absolute Gasteiger partial charge is 0.493 e. The van der Waals surface area contributed by atoms with Crippen LogP contribution in [-0.4, -0.2) is 32.6 Å². The topological polar surface area (TPSA) is 61.8 Å². The van der Waals surface area contributed by atoms with E-state index in [4.69, 9.17) is 14.2 Å². The summed E-state index contributed by atoms with van der Waals surface area (Å²) in [6, 6.07) is 13.3. The molecular formula is C30H40O5. The highest BCUT2D eigenvalue weighted by molar-refractivity contribution is 6.06. The van der Waals surface area contributed by atoms with Crippen LogP contribution < -0.4 is 9.47 Å². The minimum Gasteiger partial charge on any atom is -0.493 e. The summed E-state index contributed by atoms with van der Waals surface area (Å²) in [5, 5.41) is 0. The van der Waals surface area contributed by atoms with Crippen molar-refractivity contribution < 1.29 is 23.8 Å². The molecule has 0 saturated heterocycles. The SMILES string of the molecule is CCCCOC(=O)C(C)(C)CCC(CC)c1ccc(C(=O)C=Cc2ccc(OC)c(OC)c2)cc1. The van der Waals surface area contributed by atoms with Crippen molar-refractivity contribution >= 4 is 17.8 Å². The molecule has 0 saturated carbocycles. The first-order valence-corrected chi connectivity index (χ1v) is 12.5. The number of unbranched alkanes of at least 4 members (excludes halogenated alkanes) is 1. The third-order valence-electron chi connectivity index (χ3n) is 6.40. The highest BCUT2D eigenvalue weighted by atomic mass is 16.5. The fourth-order valence-electron chi connectivity index (χ4n) is 3.89. The number of carbonyl (C=O) groups excluding carboxylic acids is 2. The fourth-order valence-corrected chi connectivity index (χ4v) is 3.89. The predicted octanol–water partition coefficient (Wildman–Crippen LogP) is 7.24. The van der Waals surface area contributed by atoms with Gasteiger partial charge in [0.2, 0.25) is 0 Å². The van der Waals surface area contributed by atoms with Gasteiger partial charge < -0.3 is 14.2 Å². The number of hydrogen-bond acceptors (Lipinski definition) is 5. The van der Waals surface area contributed by atoms with E-state index in [2.05, 4.69) is 13.8 Å². The van der Waals surface area contributed by atoms with Crippen LogP contribution in [0.15, 0.2) is 48.5 Å².